The van der Waals surface area contributed by atoms with Crippen LogP contribution >= 0.6 is 0 Å². The zero-order valence-electron chi connectivity index (χ0n) is 21.0. The quantitative estimate of drug-likeness (QED) is 0.369. The number of hydrogen-bond donors (Lipinski definition) is 0. The zero-order chi connectivity index (χ0) is 24.3. The minimum atomic E-state index is -4.68. The van der Waals surface area contributed by atoms with Crippen molar-refractivity contribution in [1.82, 2.24) is 0 Å². The first-order valence-corrected chi connectivity index (χ1v) is 13.8. The van der Waals surface area contributed by atoms with Gasteiger partial charge >= 0.3 is 6.18 Å². The maximum Gasteiger partial charge on any atom is 0.419 e. The van der Waals surface area contributed by atoms with Crippen LogP contribution in [0.15, 0.2) is 18.2 Å². The maximum atomic E-state index is 15.4. The molecule has 3 aliphatic rings. The van der Waals surface area contributed by atoms with Crippen LogP contribution in [-0.2, 0) is 6.18 Å². The van der Waals surface area contributed by atoms with Crippen LogP contribution in [0.2, 0.25) is 0 Å². The monoisotopic (exact) mass is 478 g/mol. The van der Waals surface area contributed by atoms with Gasteiger partial charge in [-0.2, -0.15) is 13.2 Å². The molecule has 190 valence electrons. The summed E-state index contributed by atoms with van der Waals surface area (Å²) in [6.45, 7) is 4.50. The fourth-order valence-corrected chi connectivity index (χ4v) is 7.04. The maximum absolute atomic E-state index is 15.4. The summed E-state index contributed by atoms with van der Waals surface area (Å²) >= 11 is 0. The van der Waals surface area contributed by atoms with Crippen LogP contribution in [0.25, 0.3) is 6.08 Å². The average Bonchev–Trinajstić information content (AvgIpc) is 2.83. The van der Waals surface area contributed by atoms with Crippen LogP contribution in [0.4, 0.5) is 17.6 Å². The van der Waals surface area contributed by atoms with Gasteiger partial charge in [-0.05, 0) is 98.0 Å². The van der Waals surface area contributed by atoms with Gasteiger partial charge in [0, 0.05) is 0 Å². The van der Waals surface area contributed by atoms with E-state index in [0.717, 1.165) is 63.2 Å². The second kappa shape index (κ2) is 11.2. The Morgan fingerprint density at radius 3 is 1.97 bits per heavy atom. The third-order valence-electron chi connectivity index (χ3n) is 9.44. The minimum Gasteiger partial charge on any atom is -0.206 e. The molecule has 3 fully saturated rings. The minimum absolute atomic E-state index is 0.0197. The lowest BCUT2D eigenvalue weighted by Crippen LogP contribution is -2.25. The molecule has 0 aliphatic heterocycles. The van der Waals surface area contributed by atoms with Gasteiger partial charge in [-0.1, -0.05) is 70.2 Å². The standard InChI is InChI=1S/C30H42F4/c1-3-21-8-11-23(12-9-21)24-14-16-25(17-15-24)27-19-18-26(28(29(27)31)30(32,33)34)13-10-22-6-4-20(2)5-7-22/h10,13,18-25H,3-9,11-12,14-17H2,1-2H3/b13-10+. The van der Waals surface area contributed by atoms with E-state index in [-0.39, 0.29) is 17.0 Å². The number of benzene rings is 1. The van der Waals surface area contributed by atoms with E-state index in [1.807, 2.05) is 6.08 Å². The zero-order valence-corrected chi connectivity index (χ0v) is 21.0. The van der Waals surface area contributed by atoms with Crippen molar-refractivity contribution < 1.29 is 17.6 Å². The number of halogens is 4. The van der Waals surface area contributed by atoms with Crippen molar-refractivity contribution in [3.63, 3.8) is 0 Å². The lowest BCUT2D eigenvalue weighted by molar-refractivity contribution is -0.140. The molecular formula is C30H42F4. The van der Waals surface area contributed by atoms with Crippen molar-refractivity contribution in [3.05, 3.63) is 40.7 Å². The Kier molecular flexibility index (Phi) is 8.46. The molecule has 0 unspecified atom stereocenters. The third-order valence-corrected chi connectivity index (χ3v) is 9.44. The highest BCUT2D eigenvalue weighted by molar-refractivity contribution is 5.57. The second-order valence-electron chi connectivity index (χ2n) is 11.6. The Morgan fingerprint density at radius 2 is 1.41 bits per heavy atom. The van der Waals surface area contributed by atoms with Gasteiger partial charge in [-0.3, -0.25) is 0 Å². The van der Waals surface area contributed by atoms with E-state index < -0.39 is 17.6 Å². The normalized spacial score (nSPS) is 33.4. The van der Waals surface area contributed by atoms with Crippen molar-refractivity contribution in [1.29, 1.82) is 0 Å². The number of alkyl halides is 3. The van der Waals surface area contributed by atoms with E-state index >= 15 is 4.39 Å². The summed E-state index contributed by atoms with van der Waals surface area (Å²) in [5.74, 6) is 2.16. The fraction of sp³-hybridized carbons (Fsp3) is 0.733. The Hall–Kier alpha value is -1.32. The Balaban J connectivity index is 1.45. The van der Waals surface area contributed by atoms with E-state index in [2.05, 4.69) is 13.8 Å². The topological polar surface area (TPSA) is 0 Å². The highest BCUT2D eigenvalue weighted by Gasteiger charge is 2.39. The first-order valence-electron chi connectivity index (χ1n) is 13.8. The van der Waals surface area contributed by atoms with Gasteiger partial charge in [0.25, 0.3) is 0 Å². The average molecular weight is 479 g/mol. The van der Waals surface area contributed by atoms with E-state index in [1.165, 1.54) is 44.2 Å². The van der Waals surface area contributed by atoms with Crippen molar-refractivity contribution in [2.24, 2.45) is 29.6 Å². The molecule has 0 saturated heterocycles. The molecule has 0 N–H and O–H groups in total. The van der Waals surface area contributed by atoms with Crippen molar-refractivity contribution in [2.45, 2.75) is 109 Å². The molecule has 3 saturated carbocycles. The lowest BCUT2D eigenvalue weighted by Gasteiger charge is -2.38. The van der Waals surface area contributed by atoms with E-state index in [1.54, 1.807) is 6.07 Å². The Labute approximate surface area is 203 Å². The third kappa shape index (κ3) is 6.08. The summed E-state index contributed by atoms with van der Waals surface area (Å²) in [7, 11) is 0. The summed E-state index contributed by atoms with van der Waals surface area (Å²) < 4.78 is 57.3. The molecule has 0 spiro atoms. The van der Waals surface area contributed by atoms with Gasteiger partial charge < -0.3 is 0 Å². The van der Waals surface area contributed by atoms with Gasteiger partial charge in [0.05, 0.1) is 5.56 Å². The predicted molar refractivity (Wildman–Crippen MR) is 132 cm³/mol. The predicted octanol–water partition coefficient (Wildman–Crippen LogP) is 10.2. The number of allylic oxidation sites excluding steroid dienone is 1. The molecule has 0 heterocycles. The van der Waals surface area contributed by atoms with E-state index in [0.29, 0.717) is 17.8 Å². The summed E-state index contributed by atoms with van der Waals surface area (Å²) in [4.78, 5) is 0. The number of hydrogen-bond acceptors (Lipinski definition) is 0. The summed E-state index contributed by atoms with van der Waals surface area (Å²) in [5.41, 5.74) is -0.803. The van der Waals surface area contributed by atoms with Crippen molar-refractivity contribution >= 4 is 6.08 Å². The Morgan fingerprint density at radius 1 is 0.824 bits per heavy atom. The van der Waals surface area contributed by atoms with Crippen molar-refractivity contribution in [3.8, 4) is 0 Å². The van der Waals surface area contributed by atoms with Crippen LogP contribution in [0.3, 0.4) is 0 Å². The molecule has 4 heteroatoms. The highest BCUT2D eigenvalue weighted by atomic mass is 19.4. The molecule has 0 nitrogen and oxygen atoms in total. The first-order chi connectivity index (χ1) is 16.3. The molecule has 1 aromatic rings. The van der Waals surface area contributed by atoms with Crippen LogP contribution in [0, 0.1) is 35.4 Å². The van der Waals surface area contributed by atoms with Gasteiger partial charge in [-0.25, -0.2) is 4.39 Å². The fourth-order valence-electron chi connectivity index (χ4n) is 7.04. The van der Waals surface area contributed by atoms with Gasteiger partial charge in [0.15, 0.2) is 0 Å². The van der Waals surface area contributed by atoms with Crippen LogP contribution in [-0.4, -0.2) is 0 Å². The smallest absolute Gasteiger partial charge is 0.206 e. The van der Waals surface area contributed by atoms with Gasteiger partial charge in [-0.15, -0.1) is 0 Å². The molecule has 4 rings (SSSR count). The molecule has 3 aliphatic carbocycles. The largest absolute Gasteiger partial charge is 0.419 e. The highest BCUT2D eigenvalue weighted by Crippen LogP contribution is 2.46. The molecule has 0 aromatic heterocycles. The molecule has 0 atom stereocenters. The summed E-state index contributed by atoms with van der Waals surface area (Å²) in [6, 6.07) is 3.16. The Bertz CT molecular complexity index is 815. The first kappa shape index (κ1) is 25.8. The molecule has 0 radical (unpaired) electrons. The SMILES string of the molecule is CCC1CCC(C2CCC(c3ccc(/C=C/C4CCC(C)CC4)c(C(F)(F)F)c3F)CC2)CC1. The molecular weight excluding hydrogens is 436 g/mol. The van der Waals surface area contributed by atoms with Gasteiger partial charge in [0.1, 0.15) is 5.82 Å². The molecule has 34 heavy (non-hydrogen) atoms. The summed E-state index contributed by atoms with van der Waals surface area (Å²) in [6.07, 6.45) is 13.1. The second-order valence-corrected chi connectivity index (χ2v) is 11.6. The van der Waals surface area contributed by atoms with Crippen LogP contribution in [0.5, 0.6) is 0 Å². The molecule has 0 bridgehead atoms. The summed E-state index contributed by atoms with van der Waals surface area (Å²) in [5, 5.41) is 0. The molecule has 0 amide bonds. The number of rotatable bonds is 5. The van der Waals surface area contributed by atoms with Crippen LogP contribution in [0.1, 0.15) is 120 Å². The van der Waals surface area contributed by atoms with E-state index in [4.69, 9.17) is 0 Å². The van der Waals surface area contributed by atoms with Gasteiger partial charge in [0.2, 0.25) is 0 Å². The molecule has 1 aromatic carbocycles. The lowest BCUT2D eigenvalue weighted by atomic mass is 9.68. The van der Waals surface area contributed by atoms with Crippen LogP contribution < -0.4 is 0 Å². The van der Waals surface area contributed by atoms with E-state index in [9.17, 15) is 13.2 Å². The van der Waals surface area contributed by atoms with Crippen molar-refractivity contribution in [2.75, 3.05) is 0 Å².